The quantitative estimate of drug-likeness (QED) is 0.752. The molecule has 3 aromatic rings. The molecule has 0 aliphatic heterocycles. The molecule has 22 heavy (non-hydrogen) atoms. The molecule has 110 valence electrons. The third-order valence-corrected chi connectivity index (χ3v) is 3.01. The van der Waals surface area contributed by atoms with Gasteiger partial charge in [-0.3, -0.25) is 18.8 Å². The van der Waals surface area contributed by atoms with Crippen LogP contribution in [-0.4, -0.2) is 35.2 Å². The lowest BCUT2D eigenvalue weighted by atomic mass is 10.3. The van der Waals surface area contributed by atoms with Crippen molar-refractivity contribution in [1.29, 1.82) is 5.26 Å². The zero-order chi connectivity index (χ0) is 15.5. The number of hydrogen-bond acceptors (Lipinski definition) is 5. The number of carbonyl (C=O) groups is 1. The van der Waals surface area contributed by atoms with Gasteiger partial charge in [0, 0.05) is 25.6 Å². The first-order chi connectivity index (χ1) is 10.7. The molecule has 0 unspecified atom stereocenters. The molecule has 3 rings (SSSR count). The van der Waals surface area contributed by atoms with Crippen LogP contribution in [0.4, 0.5) is 5.82 Å². The van der Waals surface area contributed by atoms with Crippen LogP contribution in [-0.2, 0) is 13.7 Å². The molecule has 0 aliphatic rings. The maximum absolute atomic E-state index is 12.2. The van der Waals surface area contributed by atoms with Crippen LogP contribution >= 0.6 is 0 Å². The summed E-state index contributed by atoms with van der Waals surface area (Å²) in [5.41, 5.74) is 0.545. The summed E-state index contributed by atoms with van der Waals surface area (Å²) in [6.45, 7) is 0.412. The summed E-state index contributed by atoms with van der Waals surface area (Å²) >= 11 is 0. The fraction of sp³-hybridized carbons (Fsp3) is 0.154. The smallest absolute Gasteiger partial charge is 0.277 e. The number of anilines is 1. The van der Waals surface area contributed by atoms with E-state index in [0.29, 0.717) is 18.1 Å². The normalized spacial score (nSPS) is 10.4. The van der Waals surface area contributed by atoms with Crippen LogP contribution in [0.5, 0.6) is 0 Å². The van der Waals surface area contributed by atoms with Crippen molar-refractivity contribution in [2.75, 3.05) is 5.32 Å². The van der Waals surface area contributed by atoms with Crippen LogP contribution in [0.2, 0.25) is 0 Å². The van der Waals surface area contributed by atoms with Gasteiger partial charge in [-0.1, -0.05) is 0 Å². The van der Waals surface area contributed by atoms with Gasteiger partial charge in [0.15, 0.2) is 5.69 Å². The molecular formula is C13H12N8O. The van der Waals surface area contributed by atoms with Gasteiger partial charge in [0.25, 0.3) is 5.91 Å². The van der Waals surface area contributed by atoms with E-state index in [9.17, 15) is 4.79 Å². The highest BCUT2D eigenvalue weighted by Gasteiger charge is 2.15. The number of hydrogen-bond donors (Lipinski definition) is 1. The van der Waals surface area contributed by atoms with E-state index in [1.165, 1.54) is 10.9 Å². The zero-order valence-corrected chi connectivity index (χ0v) is 11.7. The predicted molar refractivity (Wildman–Crippen MR) is 75.7 cm³/mol. The van der Waals surface area contributed by atoms with Crippen LogP contribution in [0.25, 0.3) is 0 Å². The molecule has 1 N–H and O–H groups in total. The van der Waals surface area contributed by atoms with Crippen LogP contribution in [0.3, 0.4) is 0 Å². The van der Waals surface area contributed by atoms with Crippen molar-refractivity contribution in [3.05, 3.63) is 48.2 Å². The summed E-state index contributed by atoms with van der Waals surface area (Å²) in [7, 11) is 1.65. The van der Waals surface area contributed by atoms with Crippen molar-refractivity contribution >= 4 is 11.7 Å². The molecule has 1 amide bonds. The fourth-order valence-corrected chi connectivity index (χ4v) is 1.93. The lowest BCUT2D eigenvalue weighted by Gasteiger charge is -2.04. The predicted octanol–water partition coefficient (Wildman–Crippen LogP) is 0.443. The average Bonchev–Trinajstić information content (AvgIpc) is 3.23. The van der Waals surface area contributed by atoms with E-state index in [1.807, 2.05) is 12.1 Å². The largest absolute Gasteiger partial charge is 0.304 e. The lowest BCUT2D eigenvalue weighted by molar-refractivity contribution is 0.102. The van der Waals surface area contributed by atoms with Crippen LogP contribution in [0.15, 0.2) is 36.9 Å². The number of rotatable bonds is 4. The molecule has 0 aliphatic carbocycles. The Kier molecular flexibility index (Phi) is 3.41. The van der Waals surface area contributed by atoms with Crippen molar-refractivity contribution in [3.8, 4) is 6.07 Å². The van der Waals surface area contributed by atoms with E-state index in [0.717, 1.165) is 0 Å². The van der Waals surface area contributed by atoms with Gasteiger partial charge in [0.1, 0.15) is 24.1 Å². The van der Waals surface area contributed by atoms with Crippen molar-refractivity contribution in [3.63, 3.8) is 0 Å². The second kappa shape index (κ2) is 5.53. The van der Waals surface area contributed by atoms with Gasteiger partial charge in [0.05, 0.1) is 6.20 Å². The molecule has 3 heterocycles. The summed E-state index contributed by atoms with van der Waals surface area (Å²) in [5, 5.41) is 23.8. The summed E-state index contributed by atoms with van der Waals surface area (Å²) < 4.78 is 4.71. The standard InChI is InChI=1S/C13H12N8O/c1-19-12(10(7-14)8-16-19)17-13(22)11-3-6-21(18-11)9-20-5-2-4-15-20/h2-6,8H,9H2,1H3,(H,17,22). The maximum Gasteiger partial charge on any atom is 0.277 e. The number of nitrogens with zero attached hydrogens (tertiary/aromatic N) is 7. The molecule has 0 aromatic carbocycles. The lowest BCUT2D eigenvalue weighted by Crippen LogP contribution is -2.17. The Morgan fingerprint density at radius 3 is 2.95 bits per heavy atom. The summed E-state index contributed by atoms with van der Waals surface area (Å²) in [6, 6.07) is 5.38. The molecule has 0 radical (unpaired) electrons. The Labute approximate surface area is 125 Å². The van der Waals surface area contributed by atoms with E-state index in [-0.39, 0.29) is 5.69 Å². The molecule has 0 bridgehead atoms. The molecule has 0 saturated heterocycles. The first-order valence-electron chi connectivity index (χ1n) is 6.41. The first kappa shape index (κ1) is 13.6. The summed E-state index contributed by atoms with van der Waals surface area (Å²) in [5.74, 6) is -0.0616. The Hall–Kier alpha value is -3.41. The molecule has 9 nitrogen and oxygen atoms in total. The van der Waals surface area contributed by atoms with Crippen molar-refractivity contribution < 1.29 is 4.79 Å². The van der Waals surface area contributed by atoms with Gasteiger partial charge in [-0.2, -0.15) is 20.6 Å². The Balaban J connectivity index is 1.74. The van der Waals surface area contributed by atoms with Crippen molar-refractivity contribution in [1.82, 2.24) is 29.3 Å². The molecule has 0 atom stereocenters. The highest BCUT2D eigenvalue weighted by Crippen LogP contribution is 2.13. The van der Waals surface area contributed by atoms with Gasteiger partial charge >= 0.3 is 0 Å². The minimum absolute atomic E-state index is 0.247. The molecule has 0 saturated carbocycles. The monoisotopic (exact) mass is 296 g/mol. The molecule has 0 fully saturated rings. The molecule has 3 aromatic heterocycles. The zero-order valence-electron chi connectivity index (χ0n) is 11.7. The Morgan fingerprint density at radius 2 is 2.23 bits per heavy atom. The van der Waals surface area contributed by atoms with Crippen molar-refractivity contribution in [2.24, 2.45) is 7.05 Å². The number of amides is 1. The SMILES string of the molecule is Cn1ncc(C#N)c1NC(=O)c1ccn(Cn2cccn2)n1. The second-order valence-corrected chi connectivity index (χ2v) is 4.52. The second-order valence-electron chi connectivity index (χ2n) is 4.52. The van der Waals surface area contributed by atoms with Crippen molar-refractivity contribution in [2.45, 2.75) is 6.67 Å². The molecule has 9 heteroatoms. The van der Waals surface area contributed by atoms with Gasteiger partial charge in [-0.15, -0.1) is 0 Å². The molecular weight excluding hydrogens is 284 g/mol. The summed E-state index contributed by atoms with van der Waals surface area (Å²) in [4.78, 5) is 12.2. The van der Waals surface area contributed by atoms with Gasteiger partial charge in [-0.05, 0) is 12.1 Å². The minimum Gasteiger partial charge on any atom is -0.304 e. The van der Waals surface area contributed by atoms with E-state index in [1.54, 1.807) is 41.1 Å². The van der Waals surface area contributed by atoms with Crippen LogP contribution < -0.4 is 5.32 Å². The first-order valence-corrected chi connectivity index (χ1v) is 6.41. The van der Waals surface area contributed by atoms with Gasteiger partial charge < -0.3 is 5.32 Å². The highest BCUT2D eigenvalue weighted by molar-refractivity contribution is 6.02. The third kappa shape index (κ3) is 2.57. The number of aryl methyl sites for hydroxylation is 1. The maximum atomic E-state index is 12.2. The number of nitriles is 1. The van der Waals surface area contributed by atoms with E-state index >= 15 is 0 Å². The van der Waals surface area contributed by atoms with Crippen LogP contribution in [0.1, 0.15) is 16.1 Å². The fourth-order valence-electron chi connectivity index (χ4n) is 1.93. The topological polar surface area (TPSA) is 106 Å². The van der Waals surface area contributed by atoms with Gasteiger partial charge in [0.2, 0.25) is 0 Å². The van der Waals surface area contributed by atoms with Crippen LogP contribution in [0, 0.1) is 11.3 Å². The highest BCUT2D eigenvalue weighted by atomic mass is 16.2. The third-order valence-electron chi connectivity index (χ3n) is 3.01. The number of aromatic nitrogens is 6. The van der Waals surface area contributed by atoms with Gasteiger partial charge in [-0.25, -0.2) is 0 Å². The summed E-state index contributed by atoms with van der Waals surface area (Å²) in [6.07, 6.45) is 6.55. The molecule has 0 spiro atoms. The number of carbonyl (C=O) groups excluding carboxylic acids is 1. The Bertz CT molecular complexity index is 836. The van der Waals surface area contributed by atoms with E-state index in [4.69, 9.17) is 5.26 Å². The average molecular weight is 296 g/mol. The Morgan fingerprint density at radius 1 is 1.36 bits per heavy atom. The number of nitrogens with one attached hydrogen (secondary N) is 1. The minimum atomic E-state index is -0.403. The van der Waals surface area contributed by atoms with E-state index < -0.39 is 5.91 Å². The van der Waals surface area contributed by atoms with E-state index in [2.05, 4.69) is 20.6 Å².